The van der Waals surface area contributed by atoms with Crippen molar-refractivity contribution in [3.8, 4) is 0 Å². The Morgan fingerprint density at radius 2 is 1.75 bits per heavy atom. The molecule has 0 aliphatic heterocycles. The van der Waals surface area contributed by atoms with Crippen LogP contribution >= 0.6 is 0 Å². The summed E-state index contributed by atoms with van der Waals surface area (Å²) in [5.41, 5.74) is 3.68. The number of aryl methyl sites for hydroxylation is 3. The highest BCUT2D eigenvalue weighted by molar-refractivity contribution is 5.84. The van der Waals surface area contributed by atoms with Gasteiger partial charge in [0, 0.05) is 12.1 Å². The van der Waals surface area contributed by atoms with Crippen LogP contribution in [0.3, 0.4) is 0 Å². The topological polar surface area (TPSA) is 29.1 Å². The third kappa shape index (κ3) is 3.99. The van der Waals surface area contributed by atoms with Crippen molar-refractivity contribution in [2.24, 2.45) is 0 Å². The highest BCUT2D eigenvalue weighted by Gasteiger charge is 2.40. The Hall–Kier alpha value is -2.23. The van der Waals surface area contributed by atoms with Gasteiger partial charge in [0.25, 0.3) is 5.91 Å². The van der Waals surface area contributed by atoms with Crippen LogP contribution in [-0.2, 0) is 30.1 Å². The second-order valence-electron chi connectivity index (χ2n) is 5.94. The first-order valence-corrected chi connectivity index (χ1v) is 8.22. The molecule has 2 rings (SSSR count). The van der Waals surface area contributed by atoms with Gasteiger partial charge in [0.05, 0.1) is 0 Å². The molecule has 0 aliphatic carbocycles. The number of alkyl halides is 2. The zero-order valence-electron chi connectivity index (χ0n) is 14.3. The average Bonchev–Trinajstić information content (AvgIpc) is 2.59. The summed E-state index contributed by atoms with van der Waals surface area (Å²) in [6, 6.07) is 11.7. The molecule has 0 atom stereocenters. The van der Waals surface area contributed by atoms with Gasteiger partial charge >= 0.3 is 5.92 Å². The van der Waals surface area contributed by atoms with E-state index in [2.05, 4.69) is 19.2 Å². The van der Waals surface area contributed by atoms with Crippen molar-refractivity contribution in [3.63, 3.8) is 0 Å². The van der Waals surface area contributed by atoms with E-state index in [1.807, 2.05) is 18.2 Å². The molecule has 128 valence electrons. The van der Waals surface area contributed by atoms with Crippen molar-refractivity contribution in [1.29, 1.82) is 0 Å². The van der Waals surface area contributed by atoms with E-state index < -0.39 is 11.8 Å². The van der Waals surface area contributed by atoms with Gasteiger partial charge in [-0.3, -0.25) is 4.79 Å². The minimum Gasteiger partial charge on any atom is -0.346 e. The van der Waals surface area contributed by atoms with Crippen LogP contribution in [0.5, 0.6) is 0 Å². The summed E-state index contributed by atoms with van der Waals surface area (Å²) in [5, 5.41) is 2.36. The van der Waals surface area contributed by atoms with Gasteiger partial charge in [-0.2, -0.15) is 8.78 Å². The SMILES string of the molecule is CCc1ccc(CNC(=O)C(F)(F)c2cccc(C)c2)cc1CC. The number of halogens is 2. The number of carbonyl (C=O) groups is 1. The molecule has 24 heavy (non-hydrogen) atoms. The number of rotatable bonds is 6. The fourth-order valence-electron chi connectivity index (χ4n) is 2.73. The van der Waals surface area contributed by atoms with Crippen LogP contribution in [-0.4, -0.2) is 5.91 Å². The van der Waals surface area contributed by atoms with E-state index in [-0.39, 0.29) is 12.1 Å². The third-order valence-corrected chi connectivity index (χ3v) is 4.15. The minimum absolute atomic E-state index is 0.0945. The van der Waals surface area contributed by atoms with E-state index in [0.717, 1.165) is 18.4 Å². The number of hydrogen-bond acceptors (Lipinski definition) is 1. The minimum atomic E-state index is -3.54. The van der Waals surface area contributed by atoms with E-state index in [4.69, 9.17) is 0 Å². The fraction of sp³-hybridized carbons (Fsp3) is 0.350. The van der Waals surface area contributed by atoms with Crippen LogP contribution in [0.2, 0.25) is 0 Å². The first-order valence-electron chi connectivity index (χ1n) is 8.22. The molecule has 2 nitrogen and oxygen atoms in total. The molecule has 2 aromatic carbocycles. The first kappa shape index (κ1) is 18.1. The summed E-state index contributed by atoms with van der Waals surface area (Å²) in [4.78, 5) is 12.0. The molecule has 0 saturated carbocycles. The standard InChI is InChI=1S/C20H23F2NO/c1-4-16-10-9-15(12-17(16)5-2)13-23-19(24)20(21,22)18-8-6-7-14(3)11-18/h6-12H,4-5,13H2,1-3H3,(H,23,24). The Morgan fingerprint density at radius 3 is 2.38 bits per heavy atom. The van der Waals surface area contributed by atoms with Gasteiger partial charge < -0.3 is 5.32 Å². The predicted molar refractivity (Wildman–Crippen MR) is 92.1 cm³/mol. The van der Waals surface area contributed by atoms with Gasteiger partial charge in [-0.05, 0) is 42.5 Å². The third-order valence-electron chi connectivity index (χ3n) is 4.15. The molecular formula is C20H23F2NO. The first-order chi connectivity index (χ1) is 11.4. The van der Waals surface area contributed by atoms with Crippen LogP contribution in [0.25, 0.3) is 0 Å². The second kappa shape index (κ2) is 7.56. The van der Waals surface area contributed by atoms with Gasteiger partial charge in [0.2, 0.25) is 0 Å². The van der Waals surface area contributed by atoms with Crippen molar-refractivity contribution in [3.05, 3.63) is 70.3 Å². The maximum absolute atomic E-state index is 14.3. The molecule has 0 heterocycles. The molecule has 0 radical (unpaired) electrons. The number of amides is 1. The lowest BCUT2D eigenvalue weighted by molar-refractivity contribution is -0.147. The zero-order valence-corrected chi connectivity index (χ0v) is 14.3. The molecular weight excluding hydrogens is 308 g/mol. The number of nitrogens with one attached hydrogen (secondary N) is 1. The predicted octanol–water partition coefficient (Wildman–Crippen LogP) is 4.53. The van der Waals surface area contributed by atoms with E-state index in [1.165, 1.54) is 29.3 Å². The molecule has 0 bridgehead atoms. The second-order valence-corrected chi connectivity index (χ2v) is 5.94. The van der Waals surface area contributed by atoms with Crippen LogP contribution in [0, 0.1) is 6.92 Å². The van der Waals surface area contributed by atoms with E-state index >= 15 is 0 Å². The van der Waals surface area contributed by atoms with Gasteiger partial charge in [-0.15, -0.1) is 0 Å². The Labute approximate surface area is 141 Å². The maximum Gasteiger partial charge on any atom is 0.349 e. The molecule has 0 spiro atoms. The zero-order chi connectivity index (χ0) is 17.7. The average molecular weight is 331 g/mol. The molecule has 4 heteroatoms. The van der Waals surface area contributed by atoms with E-state index in [9.17, 15) is 13.6 Å². The van der Waals surface area contributed by atoms with Crippen LogP contribution < -0.4 is 5.32 Å². The fourth-order valence-corrected chi connectivity index (χ4v) is 2.73. The summed E-state index contributed by atoms with van der Waals surface area (Å²) >= 11 is 0. The van der Waals surface area contributed by atoms with E-state index in [0.29, 0.717) is 5.56 Å². The molecule has 0 aromatic heterocycles. The van der Waals surface area contributed by atoms with Crippen molar-refractivity contribution in [2.45, 2.75) is 46.1 Å². The van der Waals surface area contributed by atoms with E-state index in [1.54, 1.807) is 13.0 Å². The monoisotopic (exact) mass is 331 g/mol. The summed E-state index contributed by atoms with van der Waals surface area (Å²) in [7, 11) is 0. The number of carbonyl (C=O) groups excluding carboxylic acids is 1. The lowest BCUT2D eigenvalue weighted by Crippen LogP contribution is -2.37. The molecule has 0 fully saturated rings. The highest BCUT2D eigenvalue weighted by atomic mass is 19.3. The van der Waals surface area contributed by atoms with Gasteiger partial charge in [-0.25, -0.2) is 0 Å². The van der Waals surface area contributed by atoms with Gasteiger partial charge in [0.1, 0.15) is 0 Å². The van der Waals surface area contributed by atoms with Crippen LogP contribution in [0.1, 0.15) is 41.7 Å². The highest BCUT2D eigenvalue weighted by Crippen LogP contribution is 2.28. The Kier molecular flexibility index (Phi) is 5.71. The summed E-state index contributed by atoms with van der Waals surface area (Å²) < 4.78 is 28.6. The maximum atomic E-state index is 14.3. The summed E-state index contributed by atoms with van der Waals surface area (Å²) in [5.74, 6) is -4.81. The lowest BCUT2D eigenvalue weighted by atomic mass is 10.00. The van der Waals surface area contributed by atoms with Crippen molar-refractivity contribution < 1.29 is 13.6 Å². The summed E-state index contributed by atoms with van der Waals surface area (Å²) in [6.07, 6.45) is 1.81. The molecule has 2 aromatic rings. The Bertz CT molecular complexity index is 725. The number of benzene rings is 2. The largest absolute Gasteiger partial charge is 0.349 e. The molecule has 0 saturated heterocycles. The molecule has 0 aliphatic rings. The van der Waals surface area contributed by atoms with Gasteiger partial charge in [0.15, 0.2) is 0 Å². The summed E-state index contributed by atoms with van der Waals surface area (Å²) in [6.45, 7) is 5.96. The smallest absolute Gasteiger partial charge is 0.346 e. The lowest BCUT2D eigenvalue weighted by Gasteiger charge is -2.17. The van der Waals surface area contributed by atoms with Gasteiger partial charge in [-0.1, -0.05) is 55.8 Å². The normalized spacial score (nSPS) is 11.4. The van der Waals surface area contributed by atoms with Crippen molar-refractivity contribution >= 4 is 5.91 Å². The Morgan fingerprint density at radius 1 is 1.04 bits per heavy atom. The van der Waals surface area contributed by atoms with Crippen molar-refractivity contribution in [2.75, 3.05) is 0 Å². The molecule has 0 unspecified atom stereocenters. The molecule has 1 amide bonds. The number of hydrogen-bond donors (Lipinski definition) is 1. The quantitative estimate of drug-likeness (QED) is 0.828. The van der Waals surface area contributed by atoms with Crippen LogP contribution in [0.15, 0.2) is 42.5 Å². The molecule has 1 N–H and O–H groups in total. The van der Waals surface area contributed by atoms with Crippen molar-refractivity contribution in [1.82, 2.24) is 5.32 Å². The Balaban J connectivity index is 2.10. The van der Waals surface area contributed by atoms with Crippen LogP contribution in [0.4, 0.5) is 8.78 Å².